The number of aliphatic carboxylic acids is 1. The molecule has 0 saturated heterocycles. The van der Waals surface area contributed by atoms with E-state index >= 15 is 0 Å². The number of nitrogens with zero attached hydrogens (tertiary/aromatic N) is 4. The molecule has 0 bridgehead atoms. The van der Waals surface area contributed by atoms with Crippen LogP contribution in [0.25, 0.3) is 22.4 Å². The predicted molar refractivity (Wildman–Crippen MR) is 111 cm³/mol. The summed E-state index contributed by atoms with van der Waals surface area (Å²) in [6.07, 6.45) is -4.29. The fourth-order valence-corrected chi connectivity index (χ4v) is 4.57. The lowest BCUT2D eigenvalue weighted by Crippen LogP contribution is -2.35. The van der Waals surface area contributed by atoms with E-state index in [1.165, 1.54) is 6.07 Å². The number of hydrogen-bond acceptors (Lipinski definition) is 6. The third kappa shape index (κ3) is 3.63. The molecule has 0 saturated carbocycles. The number of carbonyl (C=O) groups is 1. The van der Waals surface area contributed by atoms with Gasteiger partial charge in [0.25, 0.3) is 5.89 Å². The van der Waals surface area contributed by atoms with E-state index in [9.17, 15) is 28.3 Å². The fourth-order valence-electron chi connectivity index (χ4n) is 4.57. The standard InChI is InChI=1S/C23H15F3N4O4/c24-23(25,26)33-17-8-13(12-27)7-15(10-17)20-28-21(29-34-20)22(11-19(31)32)6-5-16-9-14-3-1-2-4-18(14)30(16)22/h1-4,7-10H,5-6,11H2,(H,31,32). The third-order valence-corrected chi connectivity index (χ3v) is 5.81. The molecule has 0 aliphatic carbocycles. The number of aromatic nitrogens is 3. The summed E-state index contributed by atoms with van der Waals surface area (Å²) in [5.41, 5.74) is 0.523. The van der Waals surface area contributed by atoms with Crippen molar-refractivity contribution in [1.82, 2.24) is 14.7 Å². The molecule has 0 fully saturated rings. The molecule has 4 aromatic rings. The molecule has 1 unspecified atom stereocenters. The maximum Gasteiger partial charge on any atom is 0.573 e. The van der Waals surface area contributed by atoms with Gasteiger partial charge >= 0.3 is 12.3 Å². The van der Waals surface area contributed by atoms with Gasteiger partial charge in [-0.1, -0.05) is 23.4 Å². The van der Waals surface area contributed by atoms with Crippen LogP contribution >= 0.6 is 0 Å². The number of ether oxygens (including phenoxy) is 1. The number of aryl methyl sites for hydroxylation is 1. The first-order valence-corrected chi connectivity index (χ1v) is 10.2. The number of rotatable bonds is 5. The second-order valence-corrected chi connectivity index (χ2v) is 7.96. The molecular formula is C23H15F3N4O4. The minimum absolute atomic E-state index is 0.0399. The zero-order valence-corrected chi connectivity index (χ0v) is 17.3. The Labute approximate surface area is 189 Å². The predicted octanol–water partition coefficient (Wildman–Crippen LogP) is 4.63. The van der Waals surface area contributed by atoms with Crippen molar-refractivity contribution in [2.24, 2.45) is 0 Å². The third-order valence-electron chi connectivity index (χ3n) is 5.81. The molecule has 5 rings (SSSR count). The molecule has 1 aliphatic rings. The normalized spacial score (nSPS) is 17.5. The second kappa shape index (κ2) is 7.62. The maximum atomic E-state index is 12.7. The van der Waals surface area contributed by atoms with Crippen LogP contribution in [0.15, 0.2) is 53.1 Å². The van der Waals surface area contributed by atoms with E-state index in [4.69, 9.17) is 4.52 Å². The molecule has 0 spiro atoms. The topological polar surface area (TPSA) is 114 Å². The number of halogens is 3. The lowest BCUT2D eigenvalue weighted by Gasteiger charge is -2.27. The molecule has 3 heterocycles. The number of alkyl halides is 3. The van der Waals surface area contributed by atoms with Crippen LogP contribution in [0.2, 0.25) is 0 Å². The number of carboxylic acids is 1. The van der Waals surface area contributed by atoms with Crippen molar-refractivity contribution in [3.05, 3.63) is 65.6 Å². The largest absolute Gasteiger partial charge is 0.573 e. The SMILES string of the molecule is N#Cc1cc(OC(F)(F)F)cc(-c2nc(C3(CC(=O)O)CCc4cc5ccccc5n43)no2)c1. The molecule has 2 aromatic carbocycles. The minimum Gasteiger partial charge on any atom is -0.481 e. The van der Waals surface area contributed by atoms with E-state index in [-0.39, 0.29) is 29.3 Å². The molecule has 0 amide bonds. The summed E-state index contributed by atoms with van der Waals surface area (Å²) in [5.74, 6) is -1.75. The number of hydrogen-bond donors (Lipinski definition) is 1. The van der Waals surface area contributed by atoms with Crippen molar-refractivity contribution in [2.45, 2.75) is 31.2 Å². The summed E-state index contributed by atoms with van der Waals surface area (Å²) in [7, 11) is 0. The fraction of sp³-hybridized carbons (Fsp3) is 0.217. The molecule has 34 heavy (non-hydrogen) atoms. The van der Waals surface area contributed by atoms with E-state index in [0.717, 1.165) is 28.7 Å². The van der Waals surface area contributed by atoms with Crippen LogP contribution in [0.3, 0.4) is 0 Å². The van der Waals surface area contributed by atoms with E-state index in [1.54, 1.807) is 6.07 Å². The zero-order chi connectivity index (χ0) is 24.1. The Kier molecular flexibility index (Phi) is 4.82. The molecule has 11 heteroatoms. The van der Waals surface area contributed by atoms with Crippen LogP contribution in [0.4, 0.5) is 13.2 Å². The van der Waals surface area contributed by atoms with Gasteiger partial charge in [0.05, 0.1) is 18.1 Å². The van der Waals surface area contributed by atoms with E-state index in [0.29, 0.717) is 12.8 Å². The van der Waals surface area contributed by atoms with Gasteiger partial charge in [0, 0.05) is 16.8 Å². The number of nitriles is 1. The van der Waals surface area contributed by atoms with Crippen molar-refractivity contribution in [1.29, 1.82) is 5.26 Å². The van der Waals surface area contributed by atoms with Gasteiger partial charge in [0.1, 0.15) is 11.3 Å². The summed E-state index contributed by atoms with van der Waals surface area (Å²) in [6, 6.07) is 14.5. The van der Waals surface area contributed by atoms with Crippen LogP contribution < -0.4 is 4.74 Å². The highest BCUT2D eigenvalue weighted by Crippen LogP contribution is 2.44. The highest BCUT2D eigenvalue weighted by Gasteiger charge is 2.46. The zero-order valence-electron chi connectivity index (χ0n) is 17.3. The Hall–Kier alpha value is -4.33. The van der Waals surface area contributed by atoms with Crippen LogP contribution in [-0.2, 0) is 16.8 Å². The molecule has 1 N–H and O–H groups in total. The second-order valence-electron chi connectivity index (χ2n) is 7.96. The van der Waals surface area contributed by atoms with Crippen molar-refractivity contribution >= 4 is 16.9 Å². The molecule has 1 atom stereocenters. The first-order chi connectivity index (χ1) is 16.2. The Bertz CT molecular complexity index is 1470. The number of para-hydroxylation sites is 1. The highest BCUT2D eigenvalue weighted by atomic mass is 19.4. The average molecular weight is 468 g/mol. The van der Waals surface area contributed by atoms with E-state index in [2.05, 4.69) is 14.9 Å². The summed E-state index contributed by atoms with van der Waals surface area (Å²) < 4.78 is 49.3. The summed E-state index contributed by atoms with van der Waals surface area (Å²) in [6.45, 7) is 0. The van der Waals surface area contributed by atoms with Crippen LogP contribution in [0.1, 0.15) is 29.9 Å². The molecular weight excluding hydrogens is 453 g/mol. The van der Waals surface area contributed by atoms with Gasteiger partial charge in [-0.25, -0.2) is 0 Å². The van der Waals surface area contributed by atoms with Crippen molar-refractivity contribution < 1.29 is 32.3 Å². The molecule has 172 valence electrons. The summed E-state index contributed by atoms with van der Waals surface area (Å²) >= 11 is 0. The Balaban J connectivity index is 1.63. The van der Waals surface area contributed by atoms with Crippen molar-refractivity contribution in [2.75, 3.05) is 0 Å². The van der Waals surface area contributed by atoms with Gasteiger partial charge in [-0.15, -0.1) is 13.2 Å². The average Bonchev–Trinajstić information content (AvgIpc) is 3.47. The quantitative estimate of drug-likeness (QED) is 0.454. The van der Waals surface area contributed by atoms with Crippen LogP contribution in [-0.4, -0.2) is 32.1 Å². The molecule has 1 aliphatic heterocycles. The Morgan fingerprint density at radius 1 is 1.26 bits per heavy atom. The Morgan fingerprint density at radius 3 is 2.79 bits per heavy atom. The van der Waals surface area contributed by atoms with Gasteiger partial charge in [-0.2, -0.15) is 10.2 Å². The lowest BCUT2D eigenvalue weighted by atomic mass is 9.90. The van der Waals surface area contributed by atoms with Gasteiger partial charge in [-0.3, -0.25) is 4.79 Å². The smallest absolute Gasteiger partial charge is 0.481 e. The van der Waals surface area contributed by atoms with Crippen molar-refractivity contribution in [3.63, 3.8) is 0 Å². The Morgan fingerprint density at radius 2 is 2.06 bits per heavy atom. The lowest BCUT2D eigenvalue weighted by molar-refractivity contribution is -0.274. The number of benzene rings is 2. The van der Waals surface area contributed by atoms with E-state index in [1.807, 2.05) is 34.9 Å². The molecule has 2 aromatic heterocycles. The van der Waals surface area contributed by atoms with Crippen molar-refractivity contribution in [3.8, 4) is 23.3 Å². The van der Waals surface area contributed by atoms with Gasteiger partial charge < -0.3 is 18.9 Å². The van der Waals surface area contributed by atoms with Gasteiger partial charge in [-0.05, 0) is 48.6 Å². The van der Waals surface area contributed by atoms with E-state index < -0.39 is 23.6 Å². The summed E-state index contributed by atoms with van der Waals surface area (Å²) in [4.78, 5) is 16.3. The number of fused-ring (bicyclic) bond motifs is 3. The summed E-state index contributed by atoms with van der Waals surface area (Å²) in [5, 5.41) is 23.9. The monoisotopic (exact) mass is 468 g/mol. The van der Waals surface area contributed by atoms with Gasteiger partial charge in [0.2, 0.25) is 0 Å². The highest BCUT2D eigenvalue weighted by molar-refractivity contribution is 5.83. The number of carboxylic acid groups (broad SMARTS) is 1. The first kappa shape index (κ1) is 21.5. The maximum absolute atomic E-state index is 12.7. The van der Waals surface area contributed by atoms with Crippen LogP contribution in [0, 0.1) is 11.3 Å². The minimum atomic E-state index is -4.95. The molecule has 0 radical (unpaired) electrons. The first-order valence-electron chi connectivity index (χ1n) is 10.2. The van der Waals surface area contributed by atoms with Gasteiger partial charge in [0.15, 0.2) is 5.82 Å². The van der Waals surface area contributed by atoms with Crippen LogP contribution in [0.5, 0.6) is 5.75 Å². The molecule has 8 nitrogen and oxygen atoms in total.